The van der Waals surface area contributed by atoms with Crippen LogP contribution in [0.3, 0.4) is 0 Å². The van der Waals surface area contributed by atoms with Crippen LogP contribution in [0.2, 0.25) is 0 Å². The number of carbonyl (C=O) groups is 1. The van der Waals surface area contributed by atoms with Crippen LogP contribution in [0, 0.1) is 0 Å². The number of esters is 1. The third-order valence-corrected chi connectivity index (χ3v) is 3.09. The van der Waals surface area contributed by atoms with Gasteiger partial charge in [0.25, 0.3) is 0 Å². The van der Waals surface area contributed by atoms with Gasteiger partial charge in [-0.1, -0.05) is 0 Å². The average molecular weight is 308 g/mol. The fourth-order valence-electron chi connectivity index (χ4n) is 2.04. The molecule has 7 heteroatoms. The Balaban J connectivity index is 2.24. The van der Waals surface area contributed by atoms with Crippen LogP contribution in [0.5, 0.6) is 17.2 Å². The molecule has 0 unspecified atom stereocenters. The Morgan fingerprint density at radius 1 is 1.23 bits per heavy atom. The largest absolute Gasteiger partial charge is 0.493 e. The van der Waals surface area contributed by atoms with Gasteiger partial charge in [-0.25, -0.2) is 0 Å². The van der Waals surface area contributed by atoms with E-state index in [9.17, 15) is 4.79 Å². The lowest BCUT2D eigenvalue weighted by atomic mass is 10.2. The molecule has 1 aliphatic rings. The van der Waals surface area contributed by atoms with Gasteiger partial charge in [0, 0.05) is 12.5 Å². The number of carbonyl (C=O) groups excluding carboxylic acids is 1. The molecule has 0 aromatic heterocycles. The summed E-state index contributed by atoms with van der Waals surface area (Å²) in [5.41, 5.74) is 0.788. The normalized spacial score (nSPS) is 15.0. The molecule has 7 nitrogen and oxygen atoms in total. The minimum atomic E-state index is -0.439. The molecule has 0 radical (unpaired) electrons. The van der Waals surface area contributed by atoms with E-state index < -0.39 is 5.97 Å². The smallest absolute Gasteiger partial charge is 0.308 e. The first-order valence-electron chi connectivity index (χ1n) is 6.95. The number of hydrogen-bond donors (Lipinski definition) is 0. The lowest BCUT2D eigenvalue weighted by molar-refractivity contribution is -0.132. The molecule has 1 aromatic rings. The number of ether oxygens (including phenoxy) is 4. The van der Waals surface area contributed by atoms with Crippen LogP contribution in [-0.4, -0.2) is 57.7 Å². The fraction of sp³-hybridized carbons (Fsp3) is 0.467. The van der Waals surface area contributed by atoms with Crippen LogP contribution in [0.25, 0.3) is 0 Å². The van der Waals surface area contributed by atoms with Gasteiger partial charge in [0.1, 0.15) is 0 Å². The van der Waals surface area contributed by atoms with E-state index in [1.54, 1.807) is 18.3 Å². The summed E-state index contributed by atoms with van der Waals surface area (Å²) in [7, 11) is 3.01. The van der Waals surface area contributed by atoms with Gasteiger partial charge in [-0.2, -0.15) is 5.10 Å². The second kappa shape index (κ2) is 7.65. The second-order valence-electron chi connectivity index (χ2n) is 4.66. The molecule has 1 saturated heterocycles. The summed E-state index contributed by atoms with van der Waals surface area (Å²) in [6.45, 7) is 4.20. The number of methoxy groups -OCH3 is 2. The second-order valence-corrected chi connectivity index (χ2v) is 4.66. The van der Waals surface area contributed by atoms with Crippen LogP contribution in [0.1, 0.15) is 12.5 Å². The Morgan fingerprint density at radius 2 is 1.82 bits per heavy atom. The summed E-state index contributed by atoms with van der Waals surface area (Å²) in [5, 5.41) is 6.34. The minimum Gasteiger partial charge on any atom is -0.493 e. The summed E-state index contributed by atoms with van der Waals surface area (Å²) >= 11 is 0. The molecule has 0 amide bonds. The first kappa shape index (κ1) is 16.1. The highest BCUT2D eigenvalue weighted by molar-refractivity contribution is 5.83. The van der Waals surface area contributed by atoms with Gasteiger partial charge in [0.05, 0.1) is 46.7 Å². The van der Waals surface area contributed by atoms with Crippen molar-refractivity contribution in [2.24, 2.45) is 5.10 Å². The number of morpholine rings is 1. The van der Waals surface area contributed by atoms with Crippen molar-refractivity contribution in [3.8, 4) is 17.2 Å². The van der Waals surface area contributed by atoms with E-state index in [0.717, 1.165) is 18.7 Å². The summed E-state index contributed by atoms with van der Waals surface area (Å²) in [6, 6.07) is 3.48. The van der Waals surface area contributed by atoms with Crippen molar-refractivity contribution in [2.75, 3.05) is 40.5 Å². The van der Waals surface area contributed by atoms with E-state index >= 15 is 0 Å². The summed E-state index contributed by atoms with van der Waals surface area (Å²) in [5.74, 6) is 0.656. The Hall–Kier alpha value is -2.28. The molecule has 0 aliphatic carbocycles. The molecular weight excluding hydrogens is 288 g/mol. The van der Waals surface area contributed by atoms with E-state index in [2.05, 4.69) is 5.10 Å². The van der Waals surface area contributed by atoms with Crippen molar-refractivity contribution in [2.45, 2.75) is 6.92 Å². The van der Waals surface area contributed by atoms with Crippen LogP contribution in [0.15, 0.2) is 17.2 Å². The van der Waals surface area contributed by atoms with E-state index in [1.165, 1.54) is 21.1 Å². The van der Waals surface area contributed by atoms with Crippen LogP contribution < -0.4 is 14.2 Å². The van der Waals surface area contributed by atoms with Crippen molar-refractivity contribution in [1.29, 1.82) is 0 Å². The zero-order valence-electron chi connectivity index (χ0n) is 13.0. The highest BCUT2D eigenvalue weighted by atomic mass is 16.6. The zero-order valence-corrected chi connectivity index (χ0v) is 13.0. The number of nitrogens with zero attached hydrogens (tertiary/aromatic N) is 2. The lowest BCUT2D eigenvalue weighted by Crippen LogP contribution is -2.32. The number of rotatable bonds is 5. The molecule has 0 spiro atoms. The molecule has 0 N–H and O–H groups in total. The lowest BCUT2D eigenvalue weighted by Gasteiger charge is -2.23. The molecule has 1 fully saturated rings. The predicted octanol–water partition coefficient (Wildman–Crippen LogP) is 1.30. The first-order chi connectivity index (χ1) is 10.6. The summed E-state index contributed by atoms with van der Waals surface area (Å²) in [6.07, 6.45) is 1.72. The third-order valence-electron chi connectivity index (χ3n) is 3.09. The van der Waals surface area contributed by atoms with Crippen LogP contribution in [0.4, 0.5) is 0 Å². The monoisotopic (exact) mass is 308 g/mol. The van der Waals surface area contributed by atoms with Crippen LogP contribution >= 0.6 is 0 Å². The first-order valence-corrected chi connectivity index (χ1v) is 6.95. The van der Waals surface area contributed by atoms with E-state index in [4.69, 9.17) is 18.9 Å². The Labute approximate surface area is 129 Å². The molecule has 22 heavy (non-hydrogen) atoms. The molecule has 1 heterocycles. The molecule has 0 bridgehead atoms. The van der Waals surface area contributed by atoms with Gasteiger partial charge < -0.3 is 18.9 Å². The maximum absolute atomic E-state index is 11.2. The fourth-order valence-corrected chi connectivity index (χ4v) is 2.04. The van der Waals surface area contributed by atoms with E-state index in [1.807, 2.05) is 5.01 Å². The quantitative estimate of drug-likeness (QED) is 0.464. The van der Waals surface area contributed by atoms with Crippen molar-refractivity contribution >= 4 is 12.2 Å². The van der Waals surface area contributed by atoms with E-state index in [0.29, 0.717) is 24.7 Å². The van der Waals surface area contributed by atoms with Crippen LogP contribution in [-0.2, 0) is 9.53 Å². The molecule has 2 rings (SSSR count). The van der Waals surface area contributed by atoms with Gasteiger partial charge in [-0.3, -0.25) is 9.80 Å². The molecule has 0 saturated carbocycles. The van der Waals surface area contributed by atoms with Gasteiger partial charge in [0.2, 0.25) is 5.75 Å². The zero-order chi connectivity index (χ0) is 15.9. The Kier molecular flexibility index (Phi) is 5.60. The predicted molar refractivity (Wildman–Crippen MR) is 80.8 cm³/mol. The van der Waals surface area contributed by atoms with Crippen molar-refractivity contribution in [3.05, 3.63) is 17.7 Å². The highest BCUT2D eigenvalue weighted by Crippen LogP contribution is 2.38. The highest BCUT2D eigenvalue weighted by Gasteiger charge is 2.16. The van der Waals surface area contributed by atoms with Crippen molar-refractivity contribution in [3.63, 3.8) is 0 Å². The maximum atomic E-state index is 11.2. The average Bonchev–Trinajstić information content (AvgIpc) is 2.54. The van der Waals surface area contributed by atoms with Crippen molar-refractivity contribution in [1.82, 2.24) is 5.01 Å². The standard InChI is InChI=1S/C15H20N2O5/c1-11(18)22-15-13(19-2)8-12(9-14(15)20-3)10-16-17-4-6-21-7-5-17/h8-10H,4-7H2,1-3H3/b16-10+. The Morgan fingerprint density at radius 3 is 2.32 bits per heavy atom. The van der Waals surface area contributed by atoms with Gasteiger partial charge >= 0.3 is 5.97 Å². The van der Waals surface area contributed by atoms with Crippen molar-refractivity contribution < 1.29 is 23.7 Å². The number of hydrogen-bond acceptors (Lipinski definition) is 7. The topological polar surface area (TPSA) is 69.6 Å². The molecule has 120 valence electrons. The van der Waals surface area contributed by atoms with E-state index in [-0.39, 0.29) is 5.75 Å². The summed E-state index contributed by atoms with van der Waals surface area (Å²) < 4.78 is 21.0. The third kappa shape index (κ3) is 4.11. The summed E-state index contributed by atoms with van der Waals surface area (Å²) in [4.78, 5) is 11.2. The van der Waals surface area contributed by atoms with Gasteiger partial charge in [-0.05, 0) is 12.1 Å². The Bertz CT molecular complexity index is 528. The van der Waals surface area contributed by atoms with Gasteiger partial charge in [-0.15, -0.1) is 0 Å². The molecule has 1 aromatic carbocycles. The molecular formula is C15H20N2O5. The SMILES string of the molecule is COc1cc(/C=N/N2CCOCC2)cc(OC)c1OC(C)=O. The number of hydrazone groups is 1. The molecule has 1 aliphatic heterocycles. The molecule has 0 atom stereocenters. The van der Waals surface area contributed by atoms with Gasteiger partial charge in [0.15, 0.2) is 11.5 Å². The number of benzene rings is 1. The maximum Gasteiger partial charge on any atom is 0.308 e. The minimum absolute atomic E-state index is 0.265.